The van der Waals surface area contributed by atoms with E-state index in [0.717, 1.165) is 25.3 Å². The molecule has 0 aliphatic heterocycles. The predicted molar refractivity (Wildman–Crippen MR) is 86.7 cm³/mol. The second kappa shape index (κ2) is 10.5. The van der Waals surface area contributed by atoms with Crippen LogP contribution in [-0.2, 0) is 0 Å². The van der Waals surface area contributed by atoms with Gasteiger partial charge in [-0.15, -0.1) is 24.0 Å². The van der Waals surface area contributed by atoms with Crippen molar-refractivity contribution in [1.82, 2.24) is 10.6 Å². The number of unbranched alkanes of at least 4 members (excludes halogenated alkanes) is 1. The molecule has 0 aromatic carbocycles. The molecule has 0 aromatic heterocycles. The van der Waals surface area contributed by atoms with Gasteiger partial charge in [0.25, 0.3) is 0 Å². The fraction of sp³-hybridized carbons (Fsp3) is 0.923. The lowest BCUT2D eigenvalue weighted by molar-refractivity contribution is -0.135. The molecule has 7 heteroatoms. The van der Waals surface area contributed by atoms with Gasteiger partial charge < -0.3 is 10.6 Å². The zero-order valence-electron chi connectivity index (χ0n) is 11.9. The predicted octanol–water partition coefficient (Wildman–Crippen LogP) is 3.83. The van der Waals surface area contributed by atoms with Crippen LogP contribution in [0.4, 0.5) is 13.2 Å². The van der Waals surface area contributed by atoms with Crippen LogP contribution >= 0.6 is 24.0 Å². The molecule has 1 saturated carbocycles. The maximum atomic E-state index is 12.0. The van der Waals surface area contributed by atoms with Crippen molar-refractivity contribution in [3.63, 3.8) is 0 Å². The van der Waals surface area contributed by atoms with Crippen LogP contribution in [0.3, 0.4) is 0 Å². The maximum Gasteiger partial charge on any atom is 0.389 e. The zero-order chi connectivity index (χ0) is 14.1. The summed E-state index contributed by atoms with van der Waals surface area (Å²) >= 11 is 0. The molecule has 1 fully saturated rings. The molecular weight excluding hydrogens is 382 g/mol. The first kappa shape index (κ1) is 19.8. The molecular formula is C13H25F3IN3. The van der Waals surface area contributed by atoms with Gasteiger partial charge in [-0.2, -0.15) is 13.2 Å². The van der Waals surface area contributed by atoms with E-state index in [1.54, 1.807) is 0 Å². The molecule has 0 bridgehead atoms. The SMILES string of the molecule is CCNC(=NCCCCC(F)(F)F)NC1CCCC1.I. The quantitative estimate of drug-likeness (QED) is 0.304. The normalized spacial score (nSPS) is 16.9. The first-order chi connectivity index (χ1) is 9.01. The van der Waals surface area contributed by atoms with E-state index in [1.165, 1.54) is 12.8 Å². The van der Waals surface area contributed by atoms with Crippen LogP contribution in [0.1, 0.15) is 51.9 Å². The summed E-state index contributed by atoms with van der Waals surface area (Å²) in [4.78, 5) is 4.32. The number of guanidine groups is 1. The minimum atomic E-state index is -4.05. The number of alkyl halides is 3. The van der Waals surface area contributed by atoms with Gasteiger partial charge in [-0.3, -0.25) is 4.99 Å². The molecule has 1 aliphatic rings. The second-order valence-electron chi connectivity index (χ2n) is 4.96. The van der Waals surface area contributed by atoms with E-state index in [2.05, 4.69) is 15.6 Å². The first-order valence-corrected chi connectivity index (χ1v) is 7.13. The number of aliphatic imine (C=N–C) groups is 1. The monoisotopic (exact) mass is 407 g/mol. The van der Waals surface area contributed by atoms with E-state index in [9.17, 15) is 13.2 Å². The van der Waals surface area contributed by atoms with Crippen LogP contribution in [0.2, 0.25) is 0 Å². The molecule has 0 saturated heterocycles. The molecule has 20 heavy (non-hydrogen) atoms. The summed E-state index contributed by atoms with van der Waals surface area (Å²) in [6.45, 7) is 3.19. The van der Waals surface area contributed by atoms with Crippen LogP contribution in [0.5, 0.6) is 0 Å². The molecule has 0 spiro atoms. The van der Waals surface area contributed by atoms with E-state index < -0.39 is 12.6 Å². The fourth-order valence-corrected chi connectivity index (χ4v) is 2.21. The highest BCUT2D eigenvalue weighted by Gasteiger charge is 2.25. The van der Waals surface area contributed by atoms with Gasteiger partial charge in [-0.1, -0.05) is 12.8 Å². The highest BCUT2D eigenvalue weighted by molar-refractivity contribution is 14.0. The molecule has 1 rings (SSSR count). The molecule has 3 nitrogen and oxygen atoms in total. The number of nitrogens with zero attached hydrogens (tertiary/aromatic N) is 1. The van der Waals surface area contributed by atoms with E-state index in [4.69, 9.17) is 0 Å². The van der Waals surface area contributed by atoms with Crippen LogP contribution in [0.15, 0.2) is 4.99 Å². The minimum absolute atomic E-state index is 0. The van der Waals surface area contributed by atoms with Crippen molar-refractivity contribution in [1.29, 1.82) is 0 Å². The Morgan fingerprint density at radius 3 is 2.40 bits per heavy atom. The van der Waals surface area contributed by atoms with Gasteiger partial charge in [0.2, 0.25) is 0 Å². The Labute approximate surface area is 136 Å². The molecule has 0 radical (unpaired) electrons. The van der Waals surface area contributed by atoms with Crippen molar-refractivity contribution in [2.45, 2.75) is 64.1 Å². The van der Waals surface area contributed by atoms with E-state index >= 15 is 0 Å². The Hall–Kier alpha value is -0.210. The number of hydrogen-bond donors (Lipinski definition) is 2. The summed E-state index contributed by atoms with van der Waals surface area (Å²) in [5, 5.41) is 6.47. The second-order valence-corrected chi connectivity index (χ2v) is 4.96. The van der Waals surface area contributed by atoms with Crippen LogP contribution in [0, 0.1) is 0 Å². The molecule has 0 aromatic rings. The van der Waals surface area contributed by atoms with Crippen molar-refractivity contribution in [3.05, 3.63) is 0 Å². The highest BCUT2D eigenvalue weighted by Crippen LogP contribution is 2.22. The van der Waals surface area contributed by atoms with Crippen molar-refractivity contribution in [2.75, 3.05) is 13.1 Å². The van der Waals surface area contributed by atoms with Crippen molar-refractivity contribution in [2.24, 2.45) is 4.99 Å². The van der Waals surface area contributed by atoms with Crippen LogP contribution < -0.4 is 10.6 Å². The Bertz CT molecular complexity index is 277. The van der Waals surface area contributed by atoms with E-state index in [-0.39, 0.29) is 30.4 Å². The number of hydrogen-bond acceptors (Lipinski definition) is 1. The minimum Gasteiger partial charge on any atom is -0.357 e. The van der Waals surface area contributed by atoms with Gasteiger partial charge in [-0.05, 0) is 32.6 Å². The topological polar surface area (TPSA) is 36.4 Å². The molecule has 0 heterocycles. The average Bonchev–Trinajstić information content (AvgIpc) is 2.80. The number of nitrogens with one attached hydrogen (secondary N) is 2. The van der Waals surface area contributed by atoms with Gasteiger partial charge in [0.1, 0.15) is 0 Å². The third kappa shape index (κ3) is 9.66. The molecule has 120 valence electrons. The Morgan fingerprint density at radius 1 is 1.20 bits per heavy atom. The molecule has 0 amide bonds. The lowest BCUT2D eigenvalue weighted by Gasteiger charge is -2.16. The van der Waals surface area contributed by atoms with Gasteiger partial charge in [0.05, 0.1) is 0 Å². The average molecular weight is 407 g/mol. The Morgan fingerprint density at radius 2 is 1.85 bits per heavy atom. The van der Waals surface area contributed by atoms with Crippen LogP contribution in [0.25, 0.3) is 0 Å². The number of rotatable bonds is 6. The zero-order valence-corrected chi connectivity index (χ0v) is 14.3. The highest BCUT2D eigenvalue weighted by atomic mass is 127. The maximum absolute atomic E-state index is 12.0. The summed E-state index contributed by atoms with van der Waals surface area (Å²) in [6.07, 6.45) is 0.643. The standard InChI is InChI=1S/C13H24F3N3.HI/c1-2-17-12(19-11-7-3-4-8-11)18-10-6-5-9-13(14,15)16;/h11H,2-10H2,1H3,(H2,17,18,19);1H. The summed E-state index contributed by atoms with van der Waals surface area (Å²) in [5.41, 5.74) is 0. The van der Waals surface area contributed by atoms with Crippen molar-refractivity contribution >= 4 is 29.9 Å². The lowest BCUT2D eigenvalue weighted by Crippen LogP contribution is -2.42. The van der Waals surface area contributed by atoms with Crippen molar-refractivity contribution < 1.29 is 13.2 Å². The molecule has 1 aliphatic carbocycles. The molecule has 0 atom stereocenters. The van der Waals surface area contributed by atoms with Crippen molar-refractivity contribution in [3.8, 4) is 0 Å². The summed E-state index contributed by atoms with van der Waals surface area (Å²) in [6, 6.07) is 0.466. The summed E-state index contributed by atoms with van der Waals surface area (Å²) in [7, 11) is 0. The van der Waals surface area contributed by atoms with E-state index in [1.807, 2.05) is 6.92 Å². The summed E-state index contributed by atoms with van der Waals surface area (Å²) < 4.78 is 35.9. The fourth-order valence-electron chi connectivity index (χ4n) is 2.21. The smallest absolute Gasteiger partial charge is 0.357 e. The lowest BCUT2D eigenvalue weighted by atomic mass is 10.2. The first-order valence-electron chi connectivity index (χ1n) is 7.13. The van der Waals surface area contributed by atoms with E-state index in [0.29, 0.717) is 19.0 Å². The van der Waals surface area contributed by atoms with Gasteiger partial charge in [-0.25, -0.2) is 0 Å². The van der Waals surface area contributed by atoms with Gasteiger partial charge >= 0.3 is 6.18 Å². The summed E-state index contributed by atoms with van der Waals surface area (Å²) in [5.74, 6) is 0.737. The Kier molecular flexibility index (Phi) is 10.4. The van der Waals surface area contributed by atoms with Gasteiger partial charge in [0.15, 0.2) is 5.96 Å². The largest absolute Gasteiger partial charge is 0.389 e. The third-order valence-electron chi connectivity index (χ3n) is 3.18. The molecule has 0 unspecified atom stereocenters. The third-order valence-corrected chi connectivity index (χ3v) is 3.18. The van der Waals surface area contributed by atoms with Gasteiger partial charge in [0, 0.05) is 25.6 Å². The molecule has 2 N–H and O–H groups in total. The van der Waals surface area contributed by atoms with Crippen LogP contribution in [-0.4, -0.2) is 31.3 Å². The Balaban J connectivity index is 0.00000361. The number of halogens is 4.